The van der Waals surface area contributed by atoms with Gasteiger partial charge in [0.05, 0.1) is 11.1 Å². The van der Waals surface area contributed by atoms with Crippen LogP contribution in [0, 0.1) is 11.7 Å². The van der Waals surface area contributed by atoms with Crippen LogP contribution in [0.2, 0.25) is 5.02 Å². The predicted molar refractivity (Wildman–Crippen MR) is 80.9 cm³/mol. The number of rotatable bonds is 4. The van der Waals surface area contributed by atoms with Gasteiger partial charge < -0.3 is 10.0 Å². The van der Waals surface area contributed by atoms with Crippen molar-refractivity contribution in [2.75, 3.05) is 18.0 Å². The second-order valence-corrected chi connectivity index (χ2v) is 5.81. The molecule has 0 bridgehead atoms. The maximum atomic E-state index is 13.1. The predicted octanol–water partition coefficient (Wildman–Crippen LogP) is 3.43. The highest BCUT2D eigenvalue weighted by atomic mass is 35.5. The zero-order chi connectivity index (χ0) is 14.8. The molecule has 1 aromatic heterocycles. The lowest BCUT2D eigenvalue weighted by Gasteiger charge is -2.42. The third-order valence-corrected chi connectivity index (χ3v) is 4.14. The molecular weight excluding hydrogens is 291 g/mol. The summed E-state index contributed by atoms with van der Waals surface area (Å²) in [6.45, 7) is 1.69. The van der Waals surface area contributed by atoms with E-state index < -0.39 is 11.9 Å². The lowest BCUT2D eigenvalue weighted by Crippen LogP contribution is -2.47. The minimum atomic E-state index is -0.484. The summed E-state index contributed by atoms with van der Waals surface area (Å²) in [5.74, 6) is 0.0218. The molecule has 1 aliphatic rings. The van der Waals surface area contributed by atoms with Crippen LogP contribution in [0.5, 0.6) is 0 Å². The number of anilines is 1. The van der Waals surface area contributed by atoms with E-state index in [9.17, 15) is 9.50 Å². The van der Waals surface area contributed by atoms with Crippen LogP contribution < -0.4 is 4.90 Å². The summed E-state index contributed by atoms with van der Waals surface area (Å²) < 4.78 is 13.1. The number of pyridine rings is 1. The molecule has 1 saturated heterocycles. The fraction of sp³-hybridized carbons (Fsp3) is 0.312. The van der Waals surface area contributed by atoms with Gasteiger partial charge in [-0.05, 0) is 42.2 Å². The lowest BCUT2D eigenvalue weighted by atomic mass is 9.90. The Balaban J connectivity index is 1.55. The van der Waals surface area contributed by atoms with Gasteiger partial charge in [0.2, 0.25) is 0 Å². The molecule has 1 fully saturated rings. The standard InChI is InChI=1S/C16H16ClFN2O/c17-14-7-13(3-4-15(14)18)20-9-11(10-20)6-16(21)12-2-1-5-19-8-12/h1-5,7-8,11,16,21H,6,9-10H2. The molecule has 1 atom stereocenters. The molecule has 3 rings (SSSR count). The van der Waals surface area contributed by atoms with Gasteiger partial charge in [0, 0.05) is 31.2 Å². The Morgan fingerprint density at radius 3 is 2.86 bits per heavy atom. The van der Waals surface area contributed by atoms with Gasteiger partial charge in [-0.25, -0.2) is 4.39 Å². The zero-order valence-electron chi connectivity index (χ0n) is 11.4. The van der Waals surface area contributed by atoms with E-state index in [0.29, 0.717) is 12.3 Å². The molecule has 0 amide bonds. The van der Waals surface area contributed by atoms with E-state index in [1.807, 2.05) is 12.1 Å². The van der Waals surface area contributed by atoms with Crippen LogP contribution in [0.3, 0.4) is 0 Å². The normalized spacial score (nSPS) is 16.6. The van der Waals surface area contributed by atoms with E-state index in [-0.39, 0.29) is 5.02 Å². The highest BCUT2D eigenvalue weighted by molar-refractivity contribution is 6.31. The maximum Gasteiger partial charge on any atom is 0.141 e. The number of aliphatic hydroxyl groups is 1. The molecule has 2 aromatic rings. The molecule has 1 aliphatic heterocycles. The highest BCUT2D eigenvalue weighted by Crippen LogP contribution is 2.32. The number of halogens is 2. The average Bonchev–Trinajstić information content (AvgIpc) is 2.46. The summed E-state index contributed by atoms with van der Waals surface area (Å²) in [7, 11) is 0. The van der Waals surface area contributed by atoms with Crippen LogP contribution in [0.4, 0.5) is 10.1 Å². The van der Waals surface area contributed by atoms with Crippen molar-refractivity contribution in [3.8, 4) is 0 Å². The molecule has 110 valence electrons. The van der Waals surface area contributed by atoms with Crippen molar-refractivity contribution in [3.05, 3.63) is 59.1 Å². The number of benzene rings is 1. The smallest absolute Gasteiger partial charge is 0.141 e. The van der Waals surface area contributed by atoms with Crippen molar-refractivity contribution in [1.82, 2.24) is 4.98 Å². The number of hydrogen-bond acceptors (Lipinski definition) is 3. The van der Waals surface area contributed by atoms with Gasteiger partial charge in [-0.3, -0.25) is 4.98 Å². The number of aliphatic hydroxyl groups excluding tert-OH is 1. The Morgan fingerprint density at radius 1 is 1.38 bits per heavy atom. The summed E-state index contributed by atoms with van der Waals surface area (Å²) in [6.07, 6.45) is 3.61. The summed E-state index contributed by atoms with van der Waals surface area (Å²) in [5, 5.41) is 10.3. The molecule has 1 aromatic carbocycles. The molecular formula is C16H16ClFN2O. The van der Waals surface area contributed by atoms with E-state index in [1.165, 1.54) is 6.07 Å². The molecule has 2 heterocycles. The summed E-state index contributed by atoms with van der Waals surface area (Å²) >= 11 is 5.79. The summed E-state index contributed by atoms with van der Waals surface area (Å²) in [6, 6.07) is 8.47. The topological polar surface area (TPSA) is 36.4 Å². The zero-order valence-corrected chi connectivity index (χ0v) is 12.2. The maximum absolute atomic E-state index is 13.1. The SMILES string of the molecule is OC(CC1CN(c2ccc(F)c(Cl)c2)C1)c1cccnc1. The molecule has 0 spiro atoms. The minimum Gasteiger partial charge on any atom is -0.388 e. The quantitative estimate of drug-likeness (QED) is 0.940. The molecule has 1 unspecified atom stereocenters. The fourth-order valence-corrected chi connectivity index (χ4v) is 2.81. The Bertz CT molecular complexity index is 617. The Morgan fingerprint density at radius 2 is 2.19 bits per heavy atom. The van der Waals surface area contributed by atoms with Gasteiger partial charge in [-0.1, -0.05) is 17.7 Å². The first-order valence-electron chi connectivity index (χ1n) is 6.91. The van der Waals surface area contributed by atoms with Crippen LogP contribution >= 0.6 is 11.6 Å². The third-order valence-electron chi connectivity index (χ3n) is 3.85. The third kappa shape index (κ3) is 3.17. The van der Waals surface area contributed by atoms with Crippen LogP contribution in [-0.4, -0.2) is 23.2 Å². The Labute approximate surface area is 128 Å². The van der Waals surface area contributed by atoms with Crippen molar-refractivity contribution in [2.24, 2.45) is 5.92 Å². The Hall–Kier alpha value is -1.65. The second-order valence-electron chi connectivity index (χ2n) is 5.41. The first-order chi connectivity index (χ1) is 10.1. The summed E-state index contributed by atoms with van der Waals surface area (Å²) in [5.41, 5.74) is 1.77. The van der Waals surface area contributed by atoms with Gasteiger partial charge in [-0.2, -0.15) is 0 Å². The van der Waals surface area contributed by atoms with E-state index in [2.05, 4.69) is 9.88 Å². The van der Waals surface area contributed by atoms with Crippen LogP contribution in [0.1, 0.15) is 18.1 Å². The first kappa shape index (κ1) is 14.3. The van der Waals surface area contributed by atoms with Crippen LogP contribution in [0.25, 0.3) is 0 Å². The molecule has 0 radical (unpaired) electrons. The van der Waals surface area contributed by atoms with E-state index in [1.54, 1.807) is 24.5 Å². The molecule has 21 heavy (non-hydrogen) atoms. The van der Waals surface area contributed by atoms with Crippen LogP contribution in [0.15, 0.2) is 42.7 Å². The van der Waals surface area contributed by atoms with E-state index in [0.717, 1.165) is 24.3 Å². The highest BCUT2D eigenvalue weighted by Gasteiger charge is 2.29. The van der Waals surface area contributed by atoms with Gasteiger partial charge in [0.15, 0.2) is 0 Å². The lowest BCUT2D eigenvalue weighted by molar-refractivity contribution is 0.134. The van der Waals surface area contributed by atoms with Gasteiger partial charge in [0.1, 0.15) is 5.82 Å². The van der Waals surface area contributed by atoms with Crippen molar-refractivity contribution >= 4 is 17.3 Å². The van der Waals surface area contributed by atoms with E-state index >= 15 is 0 Å². The summed E-state index contributed by atoms with van der Waals surface area (Å²) in [4.78, 5) is 6.15. The number of hydrogen-bond donors (Lipinski definition) is 1. The van der Waals surface area contributed by atoms with Gasteiger partial charge in [0.25, 0.3) is 0 Å². The minimum absolute atomic E-state index is 0.145. The van der Waals surface area contributed by atoms with Crippen molar-refractivity contribution in [2.45, 2.75) is 12.5 Å². The number of nitrogens with zero attached hydrogens (tertiary/aromatic N) is 2. The molecule has 0 aliphatic carbocycles. The van der Waals surface area contributed by atoms with Crippen LogP contribution in [-0.2, 0) is 0 Å². The van der Waals surface area contributed by atoms with Crippen molar-refractivity contribution in [3.63, 3.8) is 0 Å². The fourth-order valence-electron chi connectivity index (χ4n) is 2.64. The molecule has 1 N–H and O–H groups in total. The largest absolute Gasteiger partial charge is 0.388 e. The Kier molecular flexibility index (Phi) is 4.08. The average molecular weight is 307 g/mol. The van der Waals surface area contributed by atoms with Gasteiger partial charge in [-0.15, -0.1) is 0 Å². The van der Waals surface area contributed by atoms with Gasteiger partial charge >= 0.3 is 0 Å². The number of aromatic nitrogens is 1. The van der Waals surface area contributed by atoms with Crippen molar-refractivity contribution < 1.29 is 9.50 Å². The van der Waals surface area contributed by atoms with E-state index in [4.69, 9.17) is 11.6 Å². The molecule has 5 heteroatoms. The monoisotopic (exact) mass is 306 g/mol. The van der Waals surface area contributed by atoms with Crippen molar-refractivity contribution in [1.29, 1.82) is 0 Å². The molecule has 0 saturated carbocycles. The second kappa shape index (κ2) is 6.00. The molecule has 3 nitrogen and oxygen atoms in total. The first-order valence-corrected chi connectivity index (χ1v) is 7.29.